The van der Waals surface area contributed by atoms with E-state index in [1.807, 2.05) is 6.07 Å². The molecule has 0 aromatic heterocycles. The molecule has 1 nitrogen and oxygen atoms in total. The summed E-state index contributed by atoms with van der Waals surface area (Å²) >= 11 is 0. The van der Waals surface area contributed by atoms with Crippen molar-refractivity contribution in [2.24, 2.45) is 5.73 Å². The first kappa shape index (κ1) is 11.9. The highest BCUT2D eigenvalue weighted by Gasteiger charge is 2.16. The van der Waals surface area contributed by atoms with Gasteiger partial charge in [-0.15, -0.1) is 0 Å². The largest absolute Gasteiger partial charge is 0.330 e. The highest BCUT2D eigenvalue weighted by molar-refractivity contribution is 5.42. The SMILES string of the molecule is Cc1cccc(C)c1C(CN)c1ccccc1. The average Bonchev–Trinajstić information content (AvgIpc) is 2.35. The van der Waals surface area contributed by atoms with Crippen molar-refractivity contribution in [3.63, 3.8) is 0 Å². The maximum Gasteiger partial charge on any atom is 0.0217 e. The van der Waals surface area contributed by atoms with Crippen LogP contribution in [0, 0.1) is 13.8 Å². The van der Waals surface area contributed by atoms with E-state index in [1.54, 1.807) is 0 Å². The molecule has 2 N–H and O–H groups in total. The lowest BCUT2D eigenvalue weighted by molar-refractivity contribution is 0.805. The first-order valence-corrected chi connectivity index (χ1v) is 6.05. The second-order valence-corrected chi connectivity index (χ2v) is 4.50. The minimum atomic E-state index is 0.303. The highest BCUT2D eigenvalue weighted by Crippen LogP contribution is 2.28. The number of nitrogens with two attached hydrogens (primary N) is 1. The van der Waals surface area contributed by atoms with Crippen molar-refractivity contribution in [3.05, 3.63) is 70.8 Å². The van der Waals surface area contributed by atoms with Crippen molar-refractivity contribution in [2.75, 3.05) is 6.54 Å². The lowest BCUT2D eigenvalue weighted by Crippen LogP contribution is -2.16. The van der Waals surface area contributed by atoms with Gasteiger partial charge < -0.3 is 5.73 Å². The van der Waals surface area contributed by atoms with Gasteiger partial charge in [0.25, 0.3) is 0 Å². The fourth-order valence-corrected chi connectivity index (χ4v) is 2.48. The average molecular weight is 225 g/mol. The highest BCUT2D eigenvalue weighted by atomic mass is 14.6. The maximum absolute atomic E-state index is 5.97. The first-order chi connectivity index (χ1) is 8.24. The molecule has 17 heavy (non-hydrogen) atoms. The molecule has 0 heterocycles. The van der Waals surface area contributed by atoms with Gasteiger partial charge in [0.05, 0.1) is 0 Å². The van der Waals surface area contributed by atoms with Gasteiger partial charge >= 0.3 is 0 Å². The molecule has 0 saturated carbocycles. The first-order valence-electron chi connectivity index (χ1n) is 6.05. The van der Waals surface area contributed by atoms with Crippen LogP contribution in [0.25, 0.3) is 0 Å². The van der Waals surface area contributed by atoms with Crippen LogP contribution in [0.3, 0.4) is 0 Å². The van der Waals surface area contributed by atoms with Gasteiger partial charge in [0.15, 0.2) is 0 Å². The Morgan fingerprint density at radius 3 is 2.00 bits per heavy atom. The molecule has 0 spiro atoms. The fraction of sp³-hybridized carbons (Fsp3) is 0.250. The number of hydrogen-bond donors (Lipinski definition) is 1. The van der Waals surface area contributed by atoms with E-state index >= 15 is 0 Å². The van der Waals surface area contributed by atoms with Crippen LogP contribution in [0.15, 0.2) is 48.5 Å². The minimum Gasteiger partial charge on any atom is -0.330 e. The molecule has 1 atom stereocenters. The third kappa shape index (κ3) is 2.40. The van der Waals surface area contributed by atoms with Crippen LogP contribution in [0.4, 0.5) is 0 Å². The van der Waals surface area contributed by atoms with Gasteiger partial charge in [-0.05, 0) is 36.1 Å². The van der Waals surface area contributed by atoms with E-state index < -0.39 is 0 Å². The van der Waals surface area contributed by atoms with Crippen LogP contribution in [0.2, 0.25) is 0 Å². The summed E-state index contributed by atoms with van der Waals surface area (Å²) in [7, 11) is 0. The number of aryl methyl sites for hydroxylation is 2. The molecule has 1 heteroatoms. The third-order valence-electron chi connectivity index (χ3n) is 3.33. The normalized spacial score (nSPS) is 12.4. The number of benzene rings is 2. The van der Waals surface area contributed by atoms with Crippen molar-refractivity contribution >= 4 is 0 Å². The molecule has 1 unspecified atom stereocenters. The van der Waals surface area contributed by atoms with Gasteiger partial charge in [-0.3, -0.25) is 0 Å². The fourth-order valence-electron chi connectivity index (χ4n) is 2.48. The van der Waals surface area contributed by atoms with Gasteiger partial charge in [0.1, 0.15) is 0 Å². The van der Waals surface area contributed by atoms with E-state index in [-0.39, 0.29) is 0 Å². The maximum atomic E-state index is 5.97. The van der Waals surface area contributed by atoms with Crippen molar-refractivity contribution in [3.8, 4) is 0 Å². The summed E-state index contributed by atoms with van der Waals surface area (Å²) < 4.78 is 0. The van der Waals surface area contributed by atoms with Crippen LogP contribution in [-0.4, -0.2) is 6.54 Å². The predicted octanol–water partition coefficient (Wildman–Crippen LogP) is 3.39. The second-order valence-electron chi connectivity index (χ2n) is 4.50. The van der Waals surface area contributed by atoms with E-state index in [0.717, 1.165) is 0 Å². The molecule has 2 aromatic rings. The lowest BCUT2D eigenvalue weighted by Gasteiger charge is -2.20. The molecule has 0 aliphatic carbocycles. The quantitative estimate of drug-likeness (QED) is 0.851. The zero-order valence-electron chi connectivity index (χ0n) is 10.5. The minimum absolute atomic E-state index is 0.303. The van der Waals surface area contributed by atoms with Crippen LogP contribution in [0.5, 0.6) is 0 Å². The van der Waals surface area contributed by atoms with Gasteiger partial charge in [0.2, 0.25) is 0 Å². The summed E-state index contributed by atoms with van der Waals surface area (Å²) in [6.45, 7) is 4.97. The molecule has 2 rings (SSSR count). The van der Waals surface area contributed by atoms with Crippen molar-refractivity contribution in [1.82, 2.24) is 0 Å². The second kappa shape index (κ2) is 5.15. The summed E-state index contributed by atoms with van der Waals surface area (Å²) in [5, 5.41) is 0. The Labute approximate surface area is 103 Å². The van der Waals surface area contributed by atoms with Gasteiger partial charge in [-0.25, -0.2) is 0 Å². The molecule has 2 aromatic carbocycles. The van der Waals surface area contributed by atoms with Crippen LogP contribution in [-0.2, 0) is 0 Å². The molecule has 0 radical (unpaired) electrons. The van der Waals surface area contributed by atoms with Gasteiger partial charge in [-0.1, -0.05) is 48.5 Å². The molecule has 0 bridgehead atoms. The molecule has 88 valence electrons. The molecule has 0 aliphatic rings. The smallest absolute Gasteiger partial charge is 0.0217 e. The Balaban J connectivity index is 2.50. The van der Waals surface area contributed by atoms with E-state index in [1.165, 1.54) is 22.3 Å². The van der Waals surface area contributed by atoms with E-state index in [4.69, 9.17) is 5.73 Å². The van der Waals surface area contributed by atoms with E-state index in [2.05, 4.69) is 56.3 Å². The van der Waals surface area contributed by atoms with Crippen LogP contribution in [0.1, 0.15) is 28.2 Å². The zero-order valence-corrected chi connectivity index (χ0v) is 10.5. The topological polar surface area (TPSA) is 26.0 Å². The number of hydrogen-bond acceptors (Lipinski definition) is 1. The molecule has 0 saturated heterocycles. The van der Waals surface area contributed by atoms with Crippen molar-refractivity contribution in [2.45, 2.75) is 19.8 Å². The molecule has 0 fully saturated rings. The Morgan fingerprint density at radius 2 is 1.47 bits per heavy atom. The molecule has 0 aliphatic heterocycles. The molecule has 0 amide bonds. The van der Waals surface area contributed by atoms with E-state index in [0.29, 0.717) is 12.5 Å². The lowest BCUT2D eigenvalue weighted by atomic mass is 9.86. The third-order valence-corrected chi connectivity index (χ3v) is 3.33. The Bertz CT molecular complexity index is 468. The number of rotatable bonds is 3. The van der Waals surface area contributed by atoms with Crippen molar-refractivity contribution in [1.29, 1.82) is 0 Å². The Hall–Kier alpha value is -1.60. The van der Waals surface area contributed by atoms with Gasteiger partial charge in [-0.2, -0.15) is 0 Å². The van der Waals surface area contributed by atoms with Crippen LogP contribution >= 0.6 is 0 Å². The van der Waals surface area contributed by atoms with Gasteiger partial charge in [0, 0.05) is 12.5 Å². The summed E-state index contributed by atoms with van der Waals surface area (Å²) in [4.78, 5) is 0. The monoisotopic (exact) mass is 225 g/mol. The van der Waals surface area contributed by atoms with E-state index in [9.17, 15) is 0 Å². The zero-order chi connectivity index (χ0) is 12.3. The summed E-state index contributed by atoms with van der Waals surface area (Å²) in [6, 6.07) is 16.9. The summed E-state index contributed by atoms with van der Waals surface area (Å²) in [5.74, 6) is 0.303. The van der Waals surface area contributed by atoms with Crippen LogP contribution < -0.4 is 5.73 Å². The summed E-state index contributed by atoms with van der Waals surface area (Å²) in [6.07, 6.45) is 0. The standard InChI is InChI=1S/C16H19N/c1-12-7-6-8-13(2)16(12)15(11-17)14-9-4-3-5-10-14/h3-10,15H,11,17H2,1-2H3. The Morgan fingerprint density at radius 1 is 0.882 bits per heavy atom. The van der Waals surface area contributed by atoms with Crippen molar-refractivity contribution < 1.29 is 0 Å². The molecular weight excluding hydrogens is 206 g/mol. The summed E-state index contributed by atoms with van der Waals surface area (Å²) in [5.41, 5.74) is 11.3. The molecular formula is C16H19N. The predicted molar refractivity (Wildman–Crippen MR) is 73.3 cm³/mol. The Kier molecular flexibility index (Phi) is 3.60.